The van der Waals surface area contributed by atoms with Gasteiger partial charge in [-0.15, -0.1) is 0 Å². The molecular weight excluding hydrogens is 290 g/mol. The molecule has 3 rings (SSSR count). The average Bonchev–Trinajstić information content (AvgIpc) is 3.24. The summed E-state index contributed by atoms with van der Waals surface area (Å²) < 4.78 is 2.09. The van der Waals surface area contributed by atoms with E-state index in [9.17, 15) is 4.79 Å². The van der Waals surface area contributed by atoms with E-state index in [0.717, 1.165) is 50.4 Å². The van der Waals surface area contributed by atoms with Crippen molar-refractivity contribution in [2.45, 2.75) is 45.6 Å². The Bertz CT molecular complexity index is 619. The predicted octanol–water partition coefficient (Wildman–Crippen LogP) is 2.04. The van der Waals surface area contributed by atoms with Crippen LogP contribution in [0.15, 0.2) is 24.7 Å². The first-order chi connectivity index (χ1) is 11.3. The highest BCUT2D eigenvalue weighted by Crippen LogP contribution is 2.20. The molecule has 1 atom stereocenters. The number of hydrogen-bond donors (Lipinski definition) is 1. The van der Waals surface area contributed by atoms with Gasteiger partial charge in [0.2, 0.25) is 5.91 Å². The maximum absolute atomic E-state index is 12.5. The molecule has 0 bridgehead atoms. The van der Waals surface area contributed by atoms with Crippen LogP contribution in [0.5, 0.6) is 0 Å². The van der Waals surface area contributed by atoms with E-state index in [2.05, 4.69) is 26.7 Å². The van der Waals surface area contributed by atoms with E-state index in [0.29, 0.717) is 12.3 Å². The van der Waals surface area contributed by atoms with Crippen LogP contribution in [0.1, 0.15) is 37.7 Å². The number of aryl methyl sites for hydroxylation is 2. The Balaban J connectivity index is 1.50. The zero-order valence-electron chi connectivity index (χ0n) is 13.7. The van der Waals surface area contributed by atoms with Gasteiger partial charge in [-0.1, -0.05) is 6.92 Å². The van der Waals surface area contributed by atoms with E-state index >= 15 is 0 Å². The number of hydrogen-bond acceptors (Lipinski definition) is 3. The van der Waals surface area contributed by atoms with E-state index in [-0.39, 0.29) is 5.91 Å². The molecule has 0 aromatic carbocycles. The Morgan fingerprint density at radius 3 is 3.13 bits per heavy atom. The number of piperidine rings is 1. The van der Waals surface area contributed by atoms with Gasteiger partial charge in [0.05, 0.1) is 0 Å². The number of likely N-dealkylation sites (tertiary alicyclic amines) is 1. The number of rotatable bonds is 6. The fraction of sp³-hybridized carbons (Fsp3) is 0.588. The van der Waals surface area contributed by atoms with Crippen molar-refractivity contribution in [2.24, 2.45) is 5.92 Å². The summed E-state index contributed by atoms with van der Waals surface area (Å²) in [5.74, 6) is 1.84. The van der Waals surface area contributed by atoms with Crippen molar-refractivity contribution in [3.05, 3.63) is 36.2 Å². The van der Waals surface area contributed by atoms with Gasteiger partial charge in [0, 0.05) is 56.8 Å². The molecule has 2 aromatic heterocycles. The second-order valence-corrected chi connectivity index (χ2v) is 6.27. The van der Waals surface area contributed by atoms with Crippen LogP contribution in [0.2, 0.25) is 0 Å². The number of nitrogens with zero attached hydrogens (tertiary/aromatic N) is 4. The number of aromatic nitrogens is 4. The smallest absolute Gasteiger partial charge is 0.224 e. The van der Waals surface area contributed by atoms with Gasteiger partial charge < -0.3 is 9.47 Å². The summed E-state index contributed by atoms with van der Waals surface area (Å²) in [6, 6.07) is 2.02. The molecule has 1 aliphatic rings. The summed E-state index contributed by atoms with van der Waals surface area (Å²) in [5, 5.41) is 7.02. The highest BCUT2D eigenvalue weighted by Gasteiger charge is 2.24. The van der Waals surface area contributed by atoms with E-state index in [1.54, 1.807) is 6.20 Å². The zero-order chi connectivity index (χ0) is 16.1. The number of imidazole rings is 1. The third kappa shape index (κ3) is 4.00. The molecule has 124 valence electrons. The van der Waals surface area contributed by atoms with Crippen molar-refractivity contribution in [1.82, 2.24) is 24.6 Å². The predicted molar refractivity (Wildman–Crippen MR) is 87.8 cm³/mol. The van der Waals surface area contributed by atoms with Gasteiger partial charge in [-0.3, -0.25) is 9.89 Å². The lowest BCUT2D eigenvalue weighted by Gasteiger charge is -2.32. The number of amides is 1. The molecule has 0 radical (unpaired) electrons. The maximum atomic E-state index is 12.5. The van der Waals surface area contributed by atoms with Crippen LogP contribution in [0.25, 0.3) is 0 Å². The molecule has 0 saturated carbocycles. The molecule has 1 aliphatic heterocycles. The summed E-state index contributed by atoms with van der Waals surface area (Å²) in [4.78, 5) is 18.9. The molecule has 6 nitrogen and oxygen atoms in total. The van der Waals surface area contributed by atoms with Crippen LogP contribution >= 0.6 is 0 Å². The SMILES string of the molecule is CCc1nccn1CCC(=O)N1CCC[C@H](Cc2ccn[nH]2)C1. The van der Waals surface area contributed by atoms with Crippen molar-refractivity contribution < 1.29 is 4.79 Å². The van der Waals surface area contributed by atoms with Crippen LogP contribution in [0.4, 0.5) is 0 Å². The van der Waals surface area contributed by atoms with Crippen LogP contribution < -0.4 is 0 Å². The van der Waals surface area contributed by atoms with Gasteiger partial charge in [0.25, 0.3) is 0 Å². The average molecular weight is 315 g/mol. The number of carbonyl (C=O) groups is 1. The fourth-order valence-electron chi connectivity index (χ4n) is 3.40. The molecule has 1 N–H and O–H groups in total. The Morgan fingerprint density at radius 2 is 2.35 bits per heavy atom. The maximum Gasteiger partial charge on any atom is 0.224 e. The van der Waals surface area contributed by atoms with Crippen LogP contribution in [0, 0.1) is 5.92 Å². The summed E-state index contributed by atoms with van der Waals surface area (Å²) >= 11 is 0. The Kier molecular flexibility index (Phi) is 5.10. The van der Waals surface area contributed by atoms with E-state index in [4.69, 9.17) is 0 Å². The van der Waals surface area contributed by atoms with Gasteiger partial charge >= 0.3 is 0 Å². The standard InChI is InChI=1S/C17H25N5O/c1-2-16-18-8-11-21(16)10-6-17(23)22-9-3-4-14(13-22)12-15-5-7-19-20-15/h5,7-8,11,14H,2-4,6,9-10,12-13H2,1H3,(H,19,20)/t14-/m1/s1. The lowest BCUT2D eigenvalue weighted by Crippen LogP contribution is -2.40. The minimum Gasteiger partial charge on any atom is -0.342 e. The Hall–Kier alpha value is -2.11. The minimum absolute atomic E-state index is 0.259. The van der Waals surface area contributed by atoms with E-state index in [1.165, 1.54) is 6.42 Å². The normalized spacial score (nSPS) is 18.3. The molecule has 0 aliphatic carbocycles. The Morgan fingerprint density at radius 1 is 1.43 bits per heavy atom. The first-order valence-electron chi connectivity index (χ1n) is 8.52. The number of H-pyrrole nitrogens is 1. The molecule has 0 spiro atoms. The minimum atomic E-state index is 0.259. The monoisotopic (exact) mass is 315 g/mol. The summed E-state index contributed by atoms with van der Waals surface area (Å²) in [6.45, 7) is 4.57. The molecule has 1 amide bonds. The third-order valence-corrected chi connectivity index (χ3v) is 4.62. The van der Waals surface area contributed by atoms with Crippen LogP contribution in [-0.4, -0.2) is 43.6 Å². The van der Waals surface area contributed by atoms with Crippen molar-refractivity contribution in [3.8, 4) is 0 Å². The number of nitrogens with one attached hydrogen (secondary N) is 1. The lowest BCUT2D eigenvalue weighted by atomic mass is 9.93. The van der Waals surface area contributed by atoms with Crippen molar-refractivity contribution in [3.63, 3.8) is 0 Å². The molecule has 6 heteroatoms. The van der Waals surface area contributed by atoms with E-state index in [1.807, 2.05) is 23.4 Å². The number of carbonyl (C=O) groups excluding carboxylic acids is 1. The third-order valence-electron chi connectivity index (χ3n) is 4.62. The highest BCUT2D eigenvalue weighted by atomic mass is 16.2. The van der Waals surface area contributed by atoms with Crippen LogP contribution in [-0.2, 0) is 24.2 Å². The Labute approximate surface area is 136 Å². The van der Waals surface area contributed by atoms with Gasteiger partial charge in [0.15, 0.2) is 0 Å². The lowest BCUT2D eigenvalue weighted by molar-refractivity contribution is -0.133. The van der Waals surface area contributed by atoms with Gasteiger partial charge in [-0.2, -0.15) is 5.10 Å². The molecule has 2 aromatic rings. The first-order valence-corrected chi connectivity index (χ1v) is 8.52. The summed E-state index contributed by atoms with van der Waals surface area (Å²) in [5.41, 5.74) is 1.16. The second kappa shape index (κ2) is 7.44. The quantitative estimate of drug-likeness (QED) is 0.887. The first kappa shape index (κ1) is 15.8. The van der Waals surface area contributed by atoms with Gasteiger partial charge in [-0.05, 0) is 31.2 Å². The molecular formula is C17H25N5O. The van der Waals surface area contributed by atoms with Gasteiger partial charge in [0.1, 0.15) is 5.82 Å². The largest absolute Gasteiger partial charge is 0.342 e. The van der Waals surface area contributed by atoms with Crippen LogP contribution in [0.3, 0.4) is 0 Å². The topological polar surface area (TPSA) is 66.8 Å². The molecule has 1 fully saturated rings. The van der Waals surface area contributed by atoms with Crippen molar-refractivity contribution >= 4 is 5.91 Å². The highest BCUT2D eigenvalue weighted by molar-refractivity contribution is 5.76. The number of aromatic amines is 1. The van der Waals surface area contributed by atoms with Crippen molar-refractivity contribution in [2.75, 3.05) is 13.1 Å². The summed E-state index contributed by atoms with van der Waals surface area (Å²) in [7, 11) is 0. The van der Waals surface area contributed by atoms with Crippen molar-refractivity contribution in [1.29, 1.82) is 0 Å². The molecule has 23 heavy (non-hydrogen) atoms. The molecule has 1 saturated heterocycles. The summed E-state index contributed by atoms with van der Waals surface area (Å²) in [6.07, 6.45) is 10.3. The fourth-order valence-corrected chi connectivity index (χ4v) is 3.40. The zero-order valence-corrected chi connectivity index (χ0v) is 13.7. The second-order valence-electron chi connectivity index (χ2n) is 6.27. The van der Waals surface area contributed by atoms with E-state index < -0.39 is 0 Å². The molecule has 3 heterocycles. The van der Waals surface area contributed by atoms with Gasteiger partial charge in [-0.25, -0.2) is 4.98 Å². The molecule has 0 unspecified atom stereocenters.